The number of hydrogen-bond donors (Lipinski definition) is 2. The molecule has 0 unspecified atom stereocenters. The van der Waals surface area contributed by atoms with Gasteiger partial charge in [-0.15, -0.1) is 0 Å². The number of amides is 2. The molecule has 5 heteroatoms. The van der Waals surface area contributed by atoms with Gasteiger partial charge in [-0.05, 0) is 48.4 Å². The molecule has 0 radical (unpaired) electrons. The number of halogens is 2. The zero-order chi connectivity index (χ0) is 14.4. The van der Waals surface area contributed by atoms with Crippen molar-refractivity contribution in [2.24, 2.45) is 0 Å². The number of rotatable bonds is 4. The van der Waals surface area contributed by atoms with E-state index in [2.05, 4.69) is 42.5 Å². The first-order valence-electron chi connectivity index (χ1n) is 6.18. The Bertz CT molecular complexity index is 585. The standard InChI is InChI=1S/C15H14Br2N2O/c16-12-4-6-14(7-5-12)19-15(20)18-9-8-11-2-1-3-13(17)10-11/h1-7,10H,8-9H2,(H2,18,19,20). The molecule has 20 heavy (non-hydrogen) atoms. The highest BCUT2D eigenvalue weighted by atomic mass is 79.9. The van der Waals surface area contributed by atoms with Crippen molar-refractivity contribution in [3.63, 3.8) is 0 Å². The van der Waals surface area contributed by atoms with E-state index < -0.39 is 0 Å². The van der Waals surface area contributed by atoms with Gasteiger partial charge in [-0.1, -0.05) is 44.0 Å². The number of benzene rings is 2. The molecule has 0 bridgehead atoms. The third-order valence-electron chi connectivity index (χ3n) is 2.69. The van der Waals surface area contributed by atoms with E-state index >= 15 is 0 Å². The lowest BCUT2D eigenvalue weighted by atomic mass is 10.1. The number of hydrogen-bond acceptors (Lipinski definition) is 1. The van der Waals surface area contributed by atoms with Crippen LogP contribution >= 0.6 is 31.9 Å². The van der Waals surface area contributed by atoms with Crippen LogP contribution in [0.5, 0.6) is 0 Å². The molecule has 2 N–H and O–H groups in total. The van der Waals surface area contributed by atoms with Crippen LogP contribution in [0, 0.1) is 0 Å². The molecular weight excluding hydrogens is 384 g/mol. The van der Waals surface area contributed by atoms with Gasteiger partial charge in [0.2, 0.25) is 0 Å². The summed E-state index contributed by atoms with van der Waals surface area (Å²) in [7, 11) is 0. The maximum absolute atomic E-state index is 11.7. The molecule has 2 rings (SSSR count). The maximum Gasteiger partial charge on any atom is 0.319 e. The van der Waals surface area contributed by atoms with Crippen molar-refractivity contribution >= 4 is 43.6 Å². The van der Waals surface area contributed by atoms with Crippen LogP contribution in [0.2, 0.25) is 0 Å². The van der Waals surface area contributed by atoms with Crippen molar-refractivity contribution in [2.45, 2.75) is 6.42 Å². The third-order valence-corrected chi connectivity index (χ3v) is 3.71. The molecule has 3 nitrogen and oxygen atoms in total. The number of nitrogens with one attached hydrogen (secondary N) is 2. The summed E-state index contributed by atoms with van der Waals surface area (Å²) >= 11 is 6.78. The van der Waals surface area contributed by atoms with Crippen molar-refractivity contribution in [1.29, 1.82) is 0 Å². The summed E-state index contributed by atoms with van der Waals surface area (Å²) in [5.74, 6) is 0. The molecule has 0 aliphatic carbocycles. The second-order valence-corrected chi connectivity index (χ2v) is 6.10. The van der Waals surface area contributed by atoms with Crippen molar-refractivity contribution in [3.8, 4) is 0 Å². The summed E-state index contributed by atoms with van der Waals surface area (Å²) in [6.07, 6.45) is 0.799. The van der Waals surface area contributed by atoms with E-state index in [1.165, 1.54) is 5.56 Å². The van der Waals surface area contributed by atoms with Crippen LogP contribution in [0.4, 0.5) is 10.5 Å². The van der Waals surface area contributed by atoms with Gasteiger partial charge in [0.05, 0.1) is 0 Å². The number of urea groups is 1. The van der Waals surface area contributed by atoms with Gasteiger partial charge in [-0.3, -0.25) is 0 Å². The van der Waals surface area contributed by atoms with Gasteiger partial charge in [-0.2, -0.15) is 0 Å². The Morgan fingerprint density at radius 2 is 1.75 bits per heavy atom. The lowest BCUT2D eigenvalue weighted by Crippen LogP contribution is -2.30. The largest absolute Gasteiger partial charge is 0.338 e. The minimum absolute atomic E-state index is 0.192. The van der Waals surface area contributed by atoms with E-state index in [0.29, 0.717) is 6.54 Å². The third kappa shape index (κ3) is 4.98. The van der Waals surface area contributed by atoms with Gasteiger partial charge >= 0.3 is 6.03 Å². The molecule has 2 aromatic rings. The summed E-state index contributed by atoms with van der Waals surface area (Å²) in [5.41, 5.74) is 1.96. The SMILES string of the molecule is O=C(NCCc1cccc(Br)c1)Nc1ccc(Br)cc1. The fourth-order valence-electron chi connectivity index (χ4n) is 1.72. The molecule has 104 valence electrons. The average molecular weight is 398 g/mol. The Balaban J connectivity index is 1.76. The Morgan fingerprint density at radius 1 is 1.00 bits per heavy atom. The van der Waals surface area contributed by atoms with Gasteiger partial charge in [0, 0.05) is 21.2 Å². The van der Waals surface area contributed by atoms with Gasteiger partial charge < -0.3 is 10.6 Å². The maximum atomic E-state index is 11.7. The quantitative estimate of drug-likeness (QED) is 0.779. The topological polar surface area (TPSA) is 41.1 Å². The van der Waals surface area contributed by atoms with Crippen molar-refractivity contribution in [2.75, 3.05) is 11.9 Å². The molecule has 0 atom stereocenters. The van der Waals surface area contributed by atoms with Crippen LogP contribution in [0.25, 0.3) is 0 Å². The Hall–Kier alpha value is -1.33. The second-order valence-electron chi connectivity index (χ2n) is 4.27. The highest BCUT2D eigenvalue weighted by Gasteiger charge is 2.01. The molecule has 2 aromatic carbocycles. The van der Waals surface area contributed by atoms with Gasteiger partial charge in [0.1, 0.15) is 0 Å². The first-order chi connectivity index (χ1) is 9.63. The van der Waals surface area contributed by atoms with E-state index in [1.807, 2.05) is 48.5 Å². The first-order valence-corrected chi connectivity index (χ1v) is 7.77. The molecule has 0 aliphatic rings. The minimum atomic E-state index is -0.192. The normalized spacial score (nSPS) is 10.1. The summed E-state index contributed by atoms with van der Waals surface area (Å²) in [6.45, 7) is 0.596. The van der Waals surface area contributed by atoms with E-state index in [0.717, 1.165) is 21.1 Å². The second kappa shape index (κ2) is 7.45. The molecule has 2 amide bonds. The fourth-order valence-corrected chi connectivity index (χ4v) is 2.43. The summed E-state index contributed by atoms with van der Waals surface area (Å²) in [6, 6.07) is 15.3. The average Bonchev–Trinajstić information content (AvgIpc) is 2.41. The Labute approximate surface area is 135 Å². The highest BCUT2D eigenvalue weighted by molar-refractivity contribution is 9.10. The van der Waals surface area contributed by atoms with Crippen LogP contribution in [-0.2, 0) is 6.42 Å². The zero-order valence-electron chi connectivity index (χ0n) is 10.7. The summed E-state index contributed by atoms with van der Waals surface area (Å²) in [5, 5.41) is 5.62. The van der Waals surface area contributed by atoms with Crippen molar-refractivity contribution in [1.82, 2.24) is 5.32 Å². The predicted octanol–water partition coefficient (Wildman–Crippen LogP) is 4.58. The van der Waals surface area contributed by atoms with Crippen molar-refractivity contribution in [3.05, 3.63) is 63.0 Å². The monoisotopic (exact) mass is 396 g/mol. The number of carbonyl (C=O) groups is 1. The molecule has 0 fully saturated rings. The van der Waals surface area contributed by atoms with Crippen LogP contribution in [-0.4, -0.2) is 12.6 Å². The molecule has 0 saturated carbocycles. The summed E-state index contributed by atoms with van der Waals surface area (Å²) < 4.78 is 2.03. The number of carbonyl (C=O) groups excluding carboxylic acids is 1. The molecule has 0 saturated heterocycles. The van der Waals surface area contributed by atoms with E-state index in [4.69, 9.17) is 0 Å². The highest BCUT2D eigenvalue weighted by Crippen LogP contribution is 2.14. The Morgan fingerprint density at radius 3 is 2.45 bits per heavy atom. The molecule has 0 heterocycles. The summed E-state index contributed by atoms with van der Waals surface area (Å²) in [4.78, 5) is 11.7. The molecule has 0 aliphatic heterocycles. The van der Waals surface area contributed by atoms with Gasteiger partial charge in [0.15, 0.2) is 0 Å². The first kappa shape index (κ1) is 15.1. The number of anilines is 1. The zero-order valence-corrected chi connectivity index (χ0v) is 13.9. The van der Waals surface area contributed by atoms with Gasteiger partial charge in [-0.25, -0.2) is 4.79 Å². The predicted molar refractivity (Wildman–Crippen MR) is 89.0 cm³/mol. The lowest BCUT2D eigenvalue weighted by Gasteiger charge is -2.08. The lowest BCUT2D eigenvalue weighted by molar-refractivity contribution is 0.252. The molecular formula is C15H14Br2N2O. The van der Waals surface area contributed by atoms with Crippen LogP contribution < -0.4 is 10.6 Å². The van der Waals surface area contributed by atoms with E-state index in [9.17, 15) is 4.79 Å². The molecule has 0 spiro atoms. The van der Waals surface area contributed by atoms with Crippen LogP contribution in [0.15, 0.2) is 57.5 Å². The van der Waals surface area contributed by atoms with E-state index in [-0.39, 0.29) is 6.03 Å². The fraction of sp³-hybridized carbons (Fsp3) is 0.133. The van der Waals surface area contributed by atoms with Crippen molar-refractivity contribution < 1.29 is 4.79 Å². The smallest absolute Gasteiger partial charge is 0.319 e. The van der Waals surface area contributed by atoms with Crippen LogP contribution in [0.3, 0.4) is 0 Å². The molecule has 0 aromatic heterocycles. The van der Waals surface area contributed by atoms with Gasteiger partial charge in [0.25, 0.3) is 0 Å². The van der Waals surface area contributed by atoms with E-state index in [1.54, 1.807) is 0 Å². The Kier molecular flexibility index (Phi) is 5.61. The van der Waals surface area contributed by atoms with Crippen LogP contribution in [0.1, 0.15) is 5.56 Å². The minimum Gasteiger partial charge on any atom is -0.338 e.